The van der Waals surface area contributed by atoms with Gasteiger partial charge < -0.3 is 24.7 Å². The highest BCUT2D eigenvalue weighted by atomic mass is 32.1. The van der Waals surface area contributed by atoms with E-state index in [0.717, 1.165) is 38.8 Å². The molecule has 1 fully saturated rings. The van der Waals surface area contributed by atoms with Gasteiger partial charge in [0.2, 0.25) is 12.7 Å². The lowest BCUT2D eigenvalue weighted by Crippen LogP contribution is -2.30. The summed E-state index contributed by atoms with van der Waals surface area (Å²) in [7, 11) is 0. The Morgan fingerprint density at radius 1 is 1.00 bits per heavy atom. The quantitative estimate of drug-likeness (QED) is 0.403. The number of hydrogen-bond acceptors (Lipinski definition) is 6. The highest BCUT2D eigenvalue weighted by Gasteiger charge is 2.17. The second kappa shape index (κ2) is 11.7. The number of fused-ring (bicyclic) bond motifs is 2. The summed E-state index contributed by atoms with van der Waals surface area (Å²) in [5.74, 6) is 1.31. The normalized spacial score (nSPS) is 16.1. The maximum atomic E-state index is 12.9. The average molecular weight is 475 g/mol. The van der Waals surface area contributed by atoms with Gasteiger partial charge in [-0.05, 0) is 70.0 Å². The molecule has 1 amide bonds. The van der Waals surface area contributed by atoms with E-state index in [9.17, 15) is 9.59 Å². The van der Waals surface area contributed by atoms with E-state index in [1.807, 2.05) is 0 Å². The van der Waals surface area contributed by atoms with E-state index in [2.05, 4.69) is 15.2 Å². The smallest absolute Gasteiger partial charge is 0.262 e. The van der Waals surface area contributed by atoms with Crippen molar-refractivity contribution in [2.24, 2.45) is 0 Å². The minimum absolute atomic E-state index is 0.113. The van der Waals surface area contributed by atoms with Gasteiger partial charge in [0.25, 0.3) is 5.56 Å². The van der Waals surface area contributed by atoms with E-state index in [-0.39, 0.29) is 18.3 Å². The SMILES string of the molecule is O=C(CCCCCn1c(=S)[nH]c2cc3c(cc2c1=O)OCO3)NCCCN1CCCCCC1. The van der Waals surface area contributed by atoms with Crippen LogP contribution in [0.5, 0.6) is 11.5 Å². The molecule has 180 valence electrons. The largest absolute Gasteiger partial charge is 0.454 e. The molecule has 4 rings (SSSR count). The van der Waals surface area contributed by atoms with Crippen LogP contribution in [0.3, 0.4) is 0 Å². The lowest BCUT2D eigenvalue weighted by Gasteiger charge is -2.19. The molecule has 1 aromatic carbocycles. The number of unbranched alkanes of at least 4 members (excludes halogenated alkanes) is 2. The minimum atomic E-state index is -0.130. The predicted octanol–water partition coefficient (Wildman–Crippen LogP) is 3.73. The van der Waals surface area contributed by atoms with Crippen LogP contribution in [0.1, 0.15) is 57.8 Å². The third kappa shape index (κ3) is 6.35. The zero-order chi connectivity index (χ0) is 23.0. The van der Waals surface area contributed by atoms with E-state index in [4.69, 9.17) is 21.7 Å². The molecule has 2 aromatic rings. The summed E-state index contributed by atoms with van der Waals surface area (Å²) in [4.78, 5) is 30.7. The summed E-state index contributed by atoms with van der Waals surface area (Å²) in [5.41, 5.74) is 0.521. The van der Waals surface area contributed by atoms with Gasteiger partial charge in [0.1, 0.15) is 0 Å². The van der Waals surface area contributed by atoms with Gasteiger partial charge in [-0.25, -0.2) is 0 Å². The first-order valence-corrected chi connectivity index (χ1v) is 12.6. The van der Waals surface area contributed by atoms with Crippen molar-refractivity contribution < 1.29 is 14.3 Å². The van der Waals surface area contributed by atoms with Crippen LogP contribution in [0, 0.1) is 4.77 Å². The number of aromatic amines is 1. The highest BCUT2D eigenvalue weighted by molar-refractivity contribution is 7.71. The number of rotatable bonds is 10. The van der Waals surface area contributed by atoms with Crippen LogP contribution < -0.4 is 20.3 Å². The lowest BCUT2D eigenvalue weighted by molar-refractivity contribution is -0.121. The van der Waals surface area contributed by atoms with Crippen molar-refractivity contribution in [2.75, 3.05) is 33.0 Å². The number of ether oxygens (including phenoxy) is 2. The molecule has 0 atom stereocenters. The van der Waals surface area contributed by atoms with E-state index in [1.165, 1.54) is 38.8 Å². The van der Waals surface area contributed by atoms with Crippen LogP contribution in [0.15, 0.2) is 16.9 Å². The van der Waals surface area contributed by atoms with E-state index in [1.54, 1.807) is 16.7 Å². The molecule has 1 saturated heterocycles. The van der Waals surface area contributed by atoms with Crippen LogP contribution >= 0.6 is 12.2 Å². The number of carbonyl (C=O) groups excluding carboxylic acids is 1. The first-order chi connectivity index (χ1) is 16.1. The summed E-state index contributed by atoms with van der Waals surface area (Å²) < 4.78 is 12.7. The standard InChI is InChI=1S/C24H34N4O4S/c29-22(25-10-8-13-27-11-5-1-2-6-12-27)9-4-3-7-14-28-23(30)18-15-20-21(32-17-31-20)16-19(18)26-24(28)33/h15-16H,1-14,17H2,(H,25,29)(H,26,33). The third-order valence-electron chi connectivity index (χ3n) is 6.43. The Bertz CT molecular complexity index is 1070. The van der Waals surface area contributed by atoms with E-state index < -0.39 is 0 Å². The van der Waals surface area contributed by atoms with E-state index in [0.29, 0.717) is 40.1 Å². The van der Waals surface area contributed by atoms with Gasteiger partial charge in [0.15, 0.2) is 16.3 Å². The number of aromatic nitrogens is 2. The molecule has 1 aromatic heterocycles. The van der Waals surface area contributed by atoms with Crippen molar-refractivity contribution in [3.63, 3.8) is 0 Å². The highest BCUT2D eigenvalue weighted by Crippen LogP contribution is 2.34. The topological polar surface area (TPSA) is 88.6 Å². The second-order valence-electron chi connectivity index (χ2n) is 8.91. The molecular formula is C24H34N4O4S. The van der Waals surface area contributed by atoms with Crippen molar-refractivity contribution in [1.82, 2.24) is 19.8 Å². The molecular weight excluding hydrogens is 440 g/mol. The molecule has 2 N–H and O–H groups in total. The summed E-state index contributed by atoms with van der Waals surface area (Å²) in [6, 6.07) is 3.46. The number of nitrogens with zero attached hydrogens (tertiary/aromatic N) is 2. The van der Waals surface area contributed by atoms with E-state index >= 15 is 0 Å². The average Bonchev–Trinajstić information content (AvgIpc) is 3.10. The number of likely N-dealkylation sites (tertiary alicyclic amines) is 1. The summed E-state index contributed by atoms with van der Waals surface area (Å²) in [6.45, 7) is 4.89. The molecule has 9 heteroatoms. The molecule has 8 nitrogen and oxygen atoms in total. The fourth-order valence-electron chi connectivity index (χ4n) is 4.56. The number of hydrogen-bond donors (Lipinski definition) is 2. The van der Waals surface area contributed by atoms with Crippen molar-refractivity contribution in [3.8, 4) is 11.5 Å². The third-order valence-corrected chi connectivity index (χ3v) is 6.76. The van der Waals surface area contributed by atoms with Gasteiger partial charge in [-0.15, -0.1) is 0 Å². The van der Waals surface area contributed by atoms with Gasteiger partial charge in [0, 0.05) is 25.6 Å². The van der Waals surface area contributed by atoms with Gasteiger partial charge in [-0.3, -0.25) is 14.2 Å². The van der Waals surface area contributed by atoms with Gasteiger partial charge >= 0.3 is 0 Å². The Kier molecular flexibility index (Phi) is 8.39. The van der Waals surface area contributed by atoms with Gasteiger partial charge in [-0.2, -0.15) is 0 Å². The minimum Gasteiger partial charge on any atom is -0.454 e. The number of carbonyl (C=O) groups is 1. The van der Waals surface area contributed by atoms with Gasteiger partial charge in [0.05, 0.1) is 10.9 Å². The predicted molar refractivity (Wildman–Crippen MR) is 131 cm³/mol. The van der Waals surface area contributed by atoms with Crippen molar-refractivity contribution >= 4 is 29.0 Å². The van der Waals surface area contributed by atoms with Crippen LogP contribution in [0.2, 0.25) is 0 Å². The van der Waals surface area contributed by atoms with Crippen LogP contribution in [-0.4, -0.2) is 53.3 Å². The molecule has 0 unspecified atom stereocenters. The monoisotopic (exact) mass is 474 g/mol. The van der Waals surface area contributed by atoms with Crippen LogP contribution in [0.4, 0.5) is 0 Å². The lowest BCUT2D eigenvalue weighted by atomic mass is 10.2. The molecule has 0 aliphatic carbocycles. The molecule has 0 radical (unpaired) electrons. The Balaban J connectivity index is 1.16. The Morgan fingerprint density at radius 3 is 2.55 bits per heavy atom. The molecule has 2 aliphatic heterocycles. The fraction of sp³-hybridized carbons (Fsp3) is 0.625. The fourth-order valence-corrected chi connectivity index (χ4v) is 4.84. The van der Waals surface area contributed by atoms with Crippen molar-refractivity contribution in [1.29, 1.82) is 0 Å². The Hall–Kier alpha value is -2.39. The molecule has 0 bridgehead atoms. The second-order valence-corrected chi connectivity index (χ2v) is 9.29. The Morgan fingerprint density at radius 2 is 1.76 bits per heavy atom. The maximum absolute atomic E-state index is 12.9. The van der Waals surface area contributed by atoms with Crippen molar-refractivity contribution in [3.05, 3.63) is 27.3 Å². The number of H-pyrrole nitrogens is 1. The molecule has 0 spiro atoms. The molecule has 3 heterocycles. The first kappa shape index (κ1) is 23.8. The molecule has 0 saturated carbocycles. The van der Waals surface area contributed by atoms with Gasteiger partial charge in [-0.1, -0.05) is 19.3 Å². The Labute approximate surface area is 199 Å². The van der Waals surface area contributed by atoms with Crippen molar-refractivity contribution in [2.45, 2.75) is 64.3 Å². The molecule has 2 aliphatic rings. The summed E-state index contributed by atoms with van der Waals surface area (Å²) in [6.07, 6.45) is 9.28. The number of nitrogens with one attached hydrogen (secondary N) is 2. The summed E-state index contributed by atoms with van der Waals surface area (Å²) in [5, 5.41) is 3.58. The molecule has 33 heavy (non-hydrogen) atoms. The zero-order valence-corrected chi connectivity index (χ0v) is 20.0. The zero-order valence-electron chi connectivity index (χ0n) is 19.2. The summed E-state index contributed by atoms with van der Waals surface area (Å²) >= 11 is 5.40. The number of amides is 1. The van der Waals surface area contributed by atoms with Crippen LogP contribution in [-0.2, 0) is 11.3 Å². The number of benzene rings is 1. The first-order valence-electron chi connectivity index (χ1n) is 12.2. The maximum Gasteiger partial charge on any atom is 0.262 e. The van der Waals surface area contributed by atoms with Crippen LogP contribution in [0.25, 0.3) is 10.9 Å².